The Hall–Kier alpha value is -2.89. The van der Waals surface area contributed by atoms with Gasteiger partial charge in [0.25, 0.3) is 5.69 Å². The van der Waals surface area contributed by atoms with Gasteiger partial charge in [-0.05, 0) is 43.5 Å². The summed E-state index contributed by atoms with van der Waals surface area (Å²) in [6, 6.07) is 13.7. The lowest BCUT2D eigenvalue weighted by atomic mass is 10.2. The number of nitrogens with zero attached hydrogens (tertiary/aromatic N) is 1. The number of carbonyl (C=O) groups is 1. The third-order valence-corrected chi connectivity index (χ3v) is 3.40. The van der Waals surface area contributed by atoms with Crippen LogP contribution in [0.3, 0.4) is 0 Å². The Labute approximate surface area is 140 Å². The maximum atomic E-state index is 11.8. The molecule has 2 aromatic carbocycles. The fraction of sp³-hybridized carbons (Fsp3) is 0.278. The van der Waals surface area contributed by atoms with E-state index in [1.54, 1.807) is 12.1 Å². The number of amides is 1. The van der Waals surface area contributed by atoms with Crippen molar-refractivity contribution in [3.05, 3.63) is 64.2 Å². The second-order valence-corrected chi connectivity index (χ2v) is 5.48. The van der Waals surface area contributed by atoms with Gasteiger partial charge in [-0.3, -0.25) is 14.9 Å². The number of ether oxygens (including phenoxy) is 1. The number of aryl methyl sites for hydroxylation is 1. The van der Waals surface area contributed by atoms with E-state index in [4.69, 9.17) is 4.74 Å². The summed E-state index contributed by atoms with van der Waals surface area (Å²) in [6.45, 7) is 2.55. The standard InChI is InChI=1S/C18H20N2O4/c1-14-6-4-9-17(12-14)24-11-3-2-10-18(21)19-15-7-5-8-16(13-15)20(22)23/h4-9,12-13H,2-3,10-11H2,1H3,(H,19,21). The van der Waals surface area contributed by atoms with E-state index in [0.717, 1.165) is 17.7 Å². The molecular weight excluding hydrogens is 308 g/mol. The normalized spacial score (nSPS) is 10.2. The molecule has 1 N–H and O–H groups in total. The van der Waals surface area contributed by atoms with Crippen LogP contribution < -0.4 is 10.1 Å². The summed E-state index contributed by atoms with van der Waals surface area (Å²) in [4.78, 5) is 22.1. The van der Waals surface area contributed by atoms with E-state index < -0.39 is 4.92 Å². The Morgan fingerprint density at radius 3 is 2.71 bits per heavy atom. The molecule has 6 heteroatoms. The van der Waals surface area contributed by atoms with E-state index in [0.29, 0.717) is 25.1 Å². The van der Waals surface area contributed by atoms with Gasteiger partial charge >= 0.3 is 0 Å². The predicted octanol–water partition coefficient (Wildman–Crippen LogP) is 4.09. The monoisotopic (exact) mass is 328 g/mol. The number of nitro benzene ring substituents is 1. The molecule has 24 heavy (non-hydrogen) atoms. The molecule has 0 atom stereocenters. The smallest absolute Gasteiger partial charge is 0.271 e. The van der Waals surface area contributed by atoms with E-state index in [9.17, 15) is 14.9 Å². The first kappa shape index (κ1) is 17.5. The highest BCUT2D eigenvalue weighted by molar-refractivity contribution is 5.90. The van der Waals surface area contributed by atoms with Gasteiger partial charge in [0, 0.05) is 24.2 Å². The summed E-state index contributed by atoms with van der Waals surface area (Å²) in [5, 5.41) is 13.4. The lowest BCUT2D eigenvalue weighted by Crippen LogP contribution is -2.11. The molecule has 0 fully saturated rings. The SMILES string of the molecule is Cc1cccc(OCCCCC(=O)Nc2cccc([N+](=O)[O-])c2)c1. The van der Waals surface area contributed by atoms with E-state index >= 15 is 0 Å². The molecule has 0 radical (unpaired) electrons. The molecule has 0 saturated heterocycles. The van der Waals surface area contributed by atoms with Gasteiger partial charge in [0.15, 0.2) is 0 Å². The zero-order valence-electron chi connectivity index (χ0n) is 13.5. The number of carbonyl (C=O) groups excluding carboxylic acids is 1. The molecule has 6 nitrogen and oxygen atoms in total. The number of benzene rings is 2. The average Bonchev–Trinajstić information content (AvgIpc) is 2.55. The van der Waals surface area contributed by atoms with Crippen molar-refractivity contribution in [3.8, 4) is 5.75 Å². The Morgan fingerprint density at radius 1 is 1.17 bits per heavy atom. The van der Waals surface area contributed by atoms with Gasteiger partial charge in [0.2, 0.25) is 5.91 Å². The minimum atomic E-state index is -0.488. The number of nitrogens with one attached hydrogen (secondary N) is 1. The Morgan fingerprint density at radius 2 is 1.96 bits per heavy atom. The molecule has 0 unspecified atom stereocenters. The summed E-state index contributed by atoms with van der Waals surface area (Å²) in [6.07, 6.45) is 1.79. The third kappa shape index (κ3) is 5.72. The quantitative estimate of drug-likeness (QED) is 0.449. The fourth-order valence-electron chi connectivity index (χ4n) is 2.20. The minimum Gasteiger partial charge on any atom is -0.494 e. The van der Waals surface area contributed by atoms with Crippen LogP contribution in [0.25, 0.3) is 0 Å². The zero-order chi connectivity index (χ0) is 17.4. The van der Waals surface area contributed by atoms with E-state index in [2.05, 4.69) is 5.32 Å². The van der Waals surface area contributed by atoms with Gasteiger partial charge in [-0.25, -0.2) is 0 Å². The second kappa shape index (κ2) is 8.67. The number of unbranched alkanes of at least 4 members (excludes halogenated alkanes) is 1. The number of non-ortho nitro benzene ring substituents is 1. The van der Waals surface area contributed by atoms with E-state index in [1.165, 1.54) is 12.1 Å². The van der Waals surface area contributed by atoms with Crippen molar-refractivity contribution >= 4 is 17.3 Å². The maximum absolute atomic E-state index is 11.8. The van der Waals surface area contributed by atoms with Crippen molar-refractivity contribution in [2.24, 2.45) is 0 Å². The molecule has 2 aromatic rings. The summed E-state index contributed by atoms with van der Waals surface area (Å²) in [5.41, 5.74) is 1.54. The van der Waals surface area contributed by atoms with Crippen LogP contribution in [0.4, 0.5) is 11.4 Å². The summed E-state index contributed by atoms with van der Waals surface area (Å²) >= 11 is 0. The largest absolute Gasteiger partial charge is 0.494 e. The van der Waals surface area contributed by atoms with Crippen LogP contribution in [-0.4, -0.2) is 17.4 Å². The lowest BCUT2D eigenvalue weighted by molar-refractivity contribution is -0.384. The van der Waals surface area contributed by atoms with Crippen molar-refractivity contribution in [1.29, 1.82) is 0 Å². The van der Waals surface area contributed by atoms with Gasteiger partial charge < -0.3 is 10.1 Å². The molecule has 1 amide bonds. The van der Waals surface area contributed by atoms with Crippen LogP contribution in [0.15, 0.2) is 48.5 Å². The van der Waals surface area contributed by atoms with Crippen LogP contribution in [0.5, 0.6) is 5.75 Å². The first-order valence-electron chi connectivity index (χ1n) is 7.78. The van der Waals surface area contributed by atoms with Crippen molar-refractivity contribution in [2.75, 3.05) is 11.9 Å². The van der Waals surface area contributed by atoms with Crippen LogP contribution in [0.2, 0.25) is 0 Å². The molecule has 0 spiro atoms. The molecule has 0 aliphatic rings. The minimum absolute atomic E-state index is 0.0423. The second-order valence-electron chi connectivity index (χ2n) is 5.48. The Bertz CT molecular complexity index is 716. The van der Waals surface area contributed by atoms with Crippen LogP contribution in [0, 0.1) is 17.0 Å². The van der Waals surface area contributed by atoms with Gasteiger partial charge in [0.05, 0.1) is 11.5 Å². The molecule has 0 aromatic heterocycles. The van der Waals surface area contributed by atoms with Crippen molar-refractivity contribution in [3.63, 3.8) is 0 Å². The highest BCUT2D eigenvalue weighted by Crippen LogP contribution is 2.17. The zero-order valence-corrected chi connectivity index (χ0v) is 13.5. The van der Waals surface area contributed by atoms with Crippen molar-refractivity contribution < 1.29 is 14.5 Å². The molecular formula is C18H20N2O4. The predicted molar refractivity (Wildman–Crippen MR) is 92.3 cm³/mol. The van der Waals surface area contributed by atoms with Crippen LogP contribution in [0.1, 0.15) is 24.8 Å². The molecule has 0 saturated carbocycles. The Balaban J connectivity index is 1.68. The van der Waals surface area contributed by atoms with Gasteiger partial charge in [-0.1, -0.05) is 18.2 Å². The highest BCUT2D eigenvalue weighted by Gasteiger charge is 2.08. The molecule has 0 aliphatic carbocycles. The van der Waals surface area contributed by atoms with E-state index in [-0.39, 0.29) is 11.6 Å². The molecule has 0 bridgehead atoms. The summed E-state index contributed by atoms with van der Waals surface area (Å²) in [7, 11) is 0. The molecule has 2 rings (SSSR count). The number of rotatable bonds is 8. The first-order valence-corrected chi connectivity index (χ1v) is 7.78. The molecule has 0 heterocycles. The topological polar surface area (TPSA) is 81.5 Å². The number of nitro groups is 1. The van der Waals surface area contributed by atoms with Gasteiger partial charge in [-0.2, -0.15) is 0 Å². The van der Waals surface area contributed by atoms with Crippen LogP contribution in [-0.2, 0) is 4.79 Å². The number of anilines is 1. The third-order valence-electron chi connectivity index (χ3n) is 3.40. The number of hydrogen-bond acceptors (Lipinski definition) is 4. The summed E-state index contributed by atoms with van der Waals surface area (Å²) in [5.74, 6) is 0.669. The first-order chi connectivity index (χ1) is 11.5. The van der Waals surface area contributed by atoms with Gasteiger partial charge in [0.1, 0.15) is 5.75 Å². The van der Waals surface area contributed by atoms with Gasteiger partial charge in [-0.15, -0.1) is 0 Å². The molecule has 126 valence electrons. The highest BCUT2D eigenvalue weighted by atomic mass is 16.6. The lowest BCUT2D eigenvalue weighted by Gasteiger charge is -2.07. The number of hydrogen-bond donors (Lipinski definition) is 1. The van der Waals surface area contributed by atoms with E-state index in [1.807, 2.05) is 31.2 Å². The summed E-state index contributed by atoms with van der Waals surface area (Å²) < 4.78 is 5.62. The van der Waals surface area contributed by atoms with Crippen LogP contribution >= 0.6 is 0 Å². The Kier molecular flexibility index (Phi) is 6.31. The van der Waals surface area contributed by atoms with Crippen molar-refractivity contribution in [1.82, 2.24) is 0 Å². The average molecular weight is 328 g/mol. The van der Waals surface area contributed by atoms with Crippen molar-refractivity contribution in [2.45, 2.75) is 26.2 Å². The maximum Gasteiger partial charge on any atom is 0.271 e. The fourth-order valence-corrected chi connectivity index (χ4v) is 2.20. The molecule has 0 aliphatic heterocycles.